The predicted octanol–water partition coefficient (Wildman–Crippen LogP) is 2.42. The van der Waals surface area contributed by atoms with E-state index in [1.165, 1.54) is 5.56 Å². The number of hydrogen-bond acceptors (Lipinski definition) is 3. The van der Waals surface area contributed by atoms with Gasteiger partial charge in [-0.15, -0.1) is 0 Å². The van der Waals surface area contributed by atoms with Crippen molar-refractivity contribution in [2.45, 2.75) is 52.6 Å². The smallest absolute Gasteiger partial charge is 0.191 e. The van der Waals surface area contributed by atoms with Gasteiger partial charge >= 0.3 is 0 Å². The molecular weight excluding hydrogens is 324 g/mol. The highest BCUT2D eigenvalue weighted by atomic mass is 15.4. The summed E-state index contributed by atoms with van der Waals surface area (Å²) in [5, 5.41) is 11.2. The van der Waals surface area contributed by atoms with E-state index in [2.05, 4.69) is 71.8 Å². The van der Waals surface area contributed by atoms with Crippen molar-refractivity contribution in [3.8, 4) is 0 Å². The third-order valence-corrected chi connectivity index (χ3v) is 4.68. The summed E-state index contributed by atoms with van der Waals surface area (Å²) < 4.78 is 1.99. The highest BCUT2D eigenvalue weighted by Crippen LogP contribution is 2.22. The fourth-order valence-corrected chi connectivity index (χ4v) is 3.37. The molecule has 1 unspecified atom stereocenters. The Bertz CT molecular complexity index is 719. The maximum atomic E-state index is 4.87. The van der Waals surface area contributed by atoms with E-state index in [-0.39, 0.29) is 5.41 Å². The van der Waals surface area contributed by atoms with Crippen molar-refractivity contribution >= 4 is 5.96 Å². The molecule has 0 amide bonds. The number of hydrogen-bond donors (Lipinski definition) is 2. The molecular formula is C20H30N6. The molecule has 3 rings (SSSR count). The molecule has 0 spiro atoms. The molecule has 1 aromatic carbocycles. The van der Waals surface area contributed by atoms with E-state index in [4.69, 9.17) is 4.99 Å². The van der Waals surface area contributed by atoms with Crippen molar-refractivity contribution in [3.05, 3.63) is 48.0 Å². The van der Waals surface area contributed by atoms with Crippen LogP contribution in [0, 0.1) is 5.41 Å². The number of aryl methyl sites for hydroxylation is 1. The van der Waals surface area contributed by atoms with Crippen molar-refractivity contribution in [2.75, 3.05) is 13.1 Å². The van der Waals surface area contributed by atoms with E-state index in [9.17, 15) is 0 Å². The van der Waals surface area contributed by atoms with Gasteiger partial charge in [-0.2, -0.15) is 5.10 Å². The summed E-state index contributed by atoms with van der Waals surface area (Å²) in [6, 6.07) is 11.0. The van der Waals surface area contributed by atoms with Gasteiger partial charge in [-0.25, -0.2) is 9.67 Å². The van der Waals surface area contributed by atoms with E-state index in [1.807, 2.05) is 4.68 Å². The third-order valence-electron chi connectivity index (χ3n) is 4.68. The Morgan fingerprint density at radius 1 is 1.31 bits per heavy atom. The molecule has 140 valence electrons. The Morgan fingerprint density at radius 3 is 2.88 bits per heavy atom. The van der Waals surface area contributed by atoms with Crippen molar-refractivity contribution < 1.29 is 0 Å². The summed E-state index contributed by atoms with van der Waals surface area (Å²) in [4.78, 5) is 9.16. The second-order valence-electron chi connectivity index (χ2n) is 7.76. The Balaban J connectivity index is 1.60. The zero-order valence-electron chi connectivity index (χ0n) is 16.1. The highest BCUT2D eigenvalue weighted by molar-refractivity contribution is 5.80. The van der Waals surface area contributed by atoms with Gasteiger partial charge < -0.3 is 10.6 Å². The van der Waals surface area contributed by atoms with Crippen molar-refractivity contribution in [3.63, 3.8) is 0 Å². The quantitative estimate of drug-likeness (QED) is 0.618. The fraction of sp³-hybridized carbons (Fsp3) is 0.550. The van der Waals surface area contributed by atoms with Crippen LogP contribution in [0.4, 0.5) is 0 Å². The number of nitrogens with zero attached hydrogens (tertiary/aromatic N) is 4. The lowest BCUT2D eigenvalue weighted by atomic mass is 9.86. The van der Waals surface area contributed by atoms with Gasteiger partial charge in [0.25, 0.3) is 0 Å². The molecule has 0 saturated heterocycles. The first-order valence-electron chi connectivity index (χ1n) is 9.51. The van der Waals surface area contributed by atoms with Gasteiger partial charge in [0.2, 0.25) is 0 Å². The van der Waals surface area contributed by atoms with Crippen LogP contribution in [0.15, 0.2) is 41.7 Å². The van der Waals surface area contributed by atoms with Crippen LogP contribution in [0.2, 0.25) is 0 Å². The average Bonchev–Trinajstić information content (AvgIpc) is 3.08. The third kappa shape index (κ3) is 5.07. The SMILES string of the molecule is CCNC(=NCC(C)(C)Cc1ccccc1)NC1CCc2ncnn2C1. The number of aromatic nitrogens is 3. The maximum Gasteiger partial charge on any atom is 0.191 e. The second kappa shape index (κ2) is 8.34. The molecule has 2 aromatic rings. The lowest BCUT2D eigenvalue weighted by molar-refractivity contribution is 0.372. The van der Waals surface area contributed by atoms with E-state index < -0.39 is 0 Å². The topological polar surface area (TPSA) is 67.1 Å². The lowest BCUT2D eigenvalue weighted by Crippen LogP contribution is -2.47. The molecule has 0 radical (unpaired) electrons. The van der Waals surface area contributed by atoms with Crippen LogP contribution in [0.25, 0.3) is 0 Å². The summed E-state index contributed by atoms with van der Waals surface area (Å²) in [5.41, 5.74) is 1.46. The molecule has 6 heteroatoms. The van der Waals surface area contributed by atoms with Gasteiger partial charge in [0.05, 0.1) is 6.54 Å². The Morgan fingerprint density at radius 2 is 2.12 bits per heavy atom. The Kier molecular flexibility index (Phi) is 5.91. The first-order valence-corrected chi connectivity index (χ1v) is 9.51. The van der Waals surface area contributed by atoms with Crippen LogP contribution >= 0.6 is 0 Å². The van der Waals surface area contributed by atoms with Crippen LogP contribution in [-0.2, 0) is 19.4 Å². The molecule has 0 saturated carbocycles. The number of nitrogens with one attached hydrogen (secondary N) is 2. The minimum Gasteiger partial charge on any atom is -0.357 e. The zero-order chi connectivity index (χ0) is 18.4. The van der Waals surface area contributed by atoms with Crippen LogP contribution in [0.1, 0.15) is 38.6 Å². The van der Waals surface area contributed by atoms with Crippen LogP contribution in [0.3, 0.4) is 0 Å². The molecule has 1 aliphatic heterocycles. The van der Waals surface area contributed by atoms with Crippen molar-refractivity contribution in [2.24, 2.45) is 10.4 Å². The monoisotopic (exact) mass is 354 g/mol. The maximum absolute atomic E-state index is 4.87. The average molecular weight is 355 g/mol. The van der Waals surface area contributed by atoms with Gasteiger partial charge in [0, 0.05) is 25.6 Å². The largest absolute Gasteiger partial charge is 0.357 e. The van der Waals surface area contributed by atoms with Gasteiger partial charge in [-0.05, 0) is 30.7 Å². The summed E-state index contributed by atoms with van der Waals surface area (Å²) >= 11 is 0. The first-order chi connectivity index (χ1) is 12.6. The number of rotatable bonds is 6. The van der Waals surface area contributed by atoms with Crippen LogP contribution in [0.5, 0.6) is 0 Å². The molecule has 26 heavy (non-hydrogen) atoms. The molecule has 0 bridgehead atoms. The zero-order valence-corrected chi connectivity index (χ0v) is 16.1. The second-order valence-corrected chi connectivity index (χ2v) is 7.76. The minimum absolute atomic E-state index is 0.106. The standard InChI is InChI=1S/C20H30N6/c1-4-21-19(25-17-10-11-18-23-15-24-26(18)13-17)22-14-20(2,3)12-16-8-6-5-7-9-16/h5-9,15,17H,4,10-14H2,1-3H3,(H2,21,22,25). The fourth-order valence-electron chi connectivity index (χ4n) is 3.37. The molecule has 0 fully saturated rings. The highest BCUT2D eigenvalue weighted by Gasteiger charge is 2.22. The van der Waals surface area contributed by atoms with Crippen LogP contribution < -0.4 is 10.6 Å². The number of fused-ring (bicyclic) bond motifs is 1. The van der Waals surface area contributed by atoms with Crippen molar-refractivity contribution in [1.29, 1.82) is 0 Å². The number of guanidine groups is 1. The van der Waals surface area contributed by atoms with Gasteiger partial charge in [-0.1, -0.05) is 44.2 Å². The summed E-state index contributed by atoms with van der Waals surface area (Å²) in [6.45, 7) is 9.12. The number of aliphatic imine (C=N–C) groups is 1. The van der Waals surface area contributed by atoms with E-state index in [0.29, 0.717) is 6.04 Å². The Hall–Kier alpha value is -2.37. The van der Waals surface area contributed by atoms with Crippen molar-refractivity contribution in [1.82, 2.24) is 25.4 Å². The van der Waals surface area contributed by atoms with Crippen LogP contribution in [-0.4, -0.2) is 39.9 Å². The Labute approximate surface area is 156 Å². The van der Waals surface area contributed by atoms with Gasteiger partial charge in [0.15, 0.2) is 5.96 Å². The predicted molar refractivity (Wildman–Crippen MR) is 105 cm³/mol. The molecule has 1 aromatic heterocycles. The normalized spacial score (nSPS) is 17.7. The summed E-state index contributed by atoms with van der Waals surface area (Å²) in [7, 11) is 0. The molecule has 2 heterocycles. The summed E-state index contributed by atoms with van der Waals surface area (Å²) in [5.74, 6) is 1.97. The van der Waals surface area contributed by atoms with E-state index >= 15 is 0 Å². The van der Waals surface area contributed by atoms with Gasteiger partial charge in [-0.3, -0.25) is 4.99 Å². The first kappa shape index (κ1) is 18.4. The number of benzene rings is 1. The van der Waals surface area contributed by atoms with Gasteiger partial charge in [0.1, 0.15) is 12.2 Å². The molecule has 0 aliphatic carbocycles. The lowest BCUT2D eigenvalue weighted by Gasteiger charge is -2.27. The molecule has 6 nitrogen and oxygen atoms in total. The summed E-state index contributed by atoms with van der Waals surface area (Å²) in [6.07, 6.45) is 4.67. The van der Waals surface area contributed by atoms with E-state index in [0.717, 1.165) is 50.7 Å². The van der Waals surface area contributed by atoms with E-state index in [1.54, 1.807) is 6.33 Å². The molecule has 1 aliphatic rings. The molecule has 2 N–H and O–H groups in total. The minimum atomic E-state index is 0.106. The molecule has 1 atom stereocenters.